The summed E-state index contributed by atoms with van der Waals surface area (Å²) in [4.78, 5) is 14.8. The standard InChI is InChI=1S/C27H31Cl2N3O3/c1-14-11-15(2)21(16(3)12-14)25-27(26(34-31-25)32-7-9-33-10-8-32)13-20(30-35-27)22-17(4)23(28)19(6)24(29)18(22)5/h11-12,26H,7-10,13H2,1-6H3/t26-,27-/m0/s1. The van der Waals surface area contributed by atoms with Crippen LogP contribution in [0.3, 0.4) is 0 Å². The summed E-state index contributed by atoms with van der Waals surface area (Å²) >= 11 is 13.3. The quantitative estimate of drug-likeness (QED) is 0.518. The van der Waals surface area contributed by atoms with Gasteiger partial charge in [0.05, 0.1) is 18.9 Å². The number of rotatable bonds is 3. The molecule has 3 aliphatic rings. The van der Waals surface area contributed by atoms with E-state index in [0.29, 0.717) is 29.7 Å². The van der Waals surface area contributed by atoms with Gasteiger partial charge in [-0.15, -0.1) is 0 Å². The average Bonchev–Trinajstić information content (AvgIpc) is 3.41. The Hall–Kier alpha value is -2.12. The largest absolute Gasteiger partial charge is 0.379 e. The molecule has 1 fully saturated rings. The van der Waals surface area contributed by atoms with Crippen molar-refractivity contribution in [3.8, 4) is 0 Å². The van der Waals surface area contributed by atoms with E-state index in [1.165, 1.54) is 5.56 Å². The lowest BCUT2D eigenvalue weighted by molar-refractivity contribution is -0.159. The lowest BCUT2D eigenvalue weighted by Gasteiger charge is -2.37. The molecule has 0 bridgehead atoms. The predicted octanol–water partition coefficient (Wildman–Crippen LogP) is 5.80. The first-order valence-corrected chi connectivity index (χ1v) is 12.8. The number of hydrogen-bond acceptors (Lipinski definition) is 6. The Morgan fingerprint density at radius 2 is 1.46 bits per heavy atom. The summed E-state index contributed by atoms with van der Waals surface area (Å²) in [7, 11) is 0. The summed E-state index contributed by atoms with van der Waals surface area (Å²) in [5.41, 5.74) is 8.96. The van der Waals surface area contributed by atoms with Crippen molar-refractivity contribution in [3.05, 3.63) is 66.7 Å². The van der Waals surface area contributed by atoms with Gasteiger partial charge in [-0.2, -0.15) is 0 Å². The first kappa shape index (κ1) is 24.6. The van der Waals surface area contributed by atoms with E-state index in [1.807, 2.05) is 20.8 Å². The molecule has 0 N–H and O–H groups in total. The van der Waals surface area contributed by atoms with Crippen LogP contribution in [0.1, 0.15) is 50.9 Å². The third kappa shape index (κ3) is 3.86. The van der Waals surface area contributed by atoms with Gasteiger partial charge in [0.2, 0.25) is 11.8 Å². The molecular weight excluding hydrogens is 485 g/mol. The molecule has 0 amide bonds. The lowest BCUT2D eigenvalue weighted by atomic mass is 9.80. The monoisotopic (exact) mass is 515 g/mol. The maximum absolute atomic E-state index is 6.67. The Bertz CT molecular complexity index is 1210. The van der Waals surface area contributed by atoms with Gasteiger partial charge < -0.3 is 14.4 Å². The SMILES string of the molecule is Cc1cc(C)c(C2=NO[C@H](N3CCOCC3)[C@]23CC(c2c(C)c(Cl)c(C)c(Cl)c2C)=NO3)c(C)c1. The molecule has 1 saturated heterocycles. The summed E-state index contributed by atoms with van der Waals surface area (Å²) in [5.74, 6) is 0. The zero-order valence-corrected chi connectivity index (χ0v) is 22.6. The van der Waals surface area contributed by atoms with Crippen LogP contribution in [0.2, 0.25) is 10.0 Å². The second-order valence-corrected chi connectivity index (χ2v) is 10.6. The third-order valence-corrected chi connectivity index (χ3v) is 8.57. The molecule has 2 atom stereocenters. The van der Waals surface area contributed by atoms with E-state index in [2.05, 4.69) is 48.1 Å². The van der Waals surface area contributed by atoms with E-state index < -0.39 is 11.8 Å². The third-order valence-electron chi connectivity index (χ3n) is 7.44. The van der Waals surface area contributed by atoms with Crippen LogP contribution >= 0.6 is 23.2 Å². The summed E-state index contributed by atoms with van der Waals surface area (Å²) in [6, 6.07) is 4.34. The first-order valence-electron chi connectivity index (χ1n) is 12.0. The van der Waals surface area contributed by atoms with Gasteiger partial charge in [0.25, 0.3) is 0 Å². The molecule has 0 aliphatic carbocycles. The molecule has 5 rings (SSSR count). The Morgan fingerprint density at radius 3 is 2.06 bits per heavy atom. The number of hydrogen-bond donors (Lipinski definition) is 0. The Kier molecular flexibility index (Phi) is 6.37. The fourth-order valence-electron chi connectivity index (χ4n) is 5.80. The Labute approximate surface area is 216 Å². The van der Waals surface area contributed by atoms with E-state index in [1.54, 1.807) is 0 Å². The topological polar surface area (TPSA) is 55.7 Å². The van der Waals surface area contributed by atoms with Gasteiger partial charge in [0.15, 0.2) is 0 Å². The van der Waals surface area contributed by atoms with Gasteiger partial charge in [0.1, 0.15) is 5.71 Å². The van der Waals surface area contributed by atoms with Gasteiger partial charge in [0, 0.05) is 40.7 Å². The minimum Gasteiger partial charge on any atom is -0.379 e. The fourth-order valence-corrected chi connectivity index (χ4v) is 6.23. The van der Waals surface area contributed by atoms with E-state index in [-0.39, 0.29) is 0 Å². The molecule has 2 aromatic carbocycles. The average molecular weight is 516 g/mol. The maximum Gasteiger partial charge on any atom is 0.241 e. The van der Waals surface area contributed by atoms with Crippen molar-refractivity contribution < 1.29 is 14.4 Å². The van der Waals surface area contributed by atoms with Crippen molar-refractivity contribution in [1.82, 2.24) is 4.90 Å². The van der Waals surface area contributed by atoms with Crippen molar-refractivity contribution >= 4 is 34.6 Å². The summed E-state index contributed by atoms with van der Waals surface area (Å²) in [6.45, 7) is 15.0. The second kappa shape index (κ2) is 9.07. The highest BCUT2D eigenvalue weighted by Crippen LogP contribution is 2.44. The highest BCUT2D eigenvalue weighted by molar-refractivity contribution is 6.38. The second-order valence-electron chi connectivity index (χ2n) is 9.89. The Balaban J connectivity index is 1.62. The molecule has 35 heavy (non-hydrogen) atoms. The summed E-state index contributed by atoms with van der Waals surface area (Å²) < 4.78 is 5.60. The molecule has 186 valence electrons. The molecular formula is C27H31Cl2N3O3. The maximum atomic E-state index is 6.67. The van der Waals surface area contributed by atoms with Crippen molar-refractivity contribution in [2.45, 2.75) is 59.8 Å². The van der Waals surface area contributed by atoms with Crippen molar-refractivity contribution in [1.29, 1.82) is 0 Å². The van der Waals surface area contributed by atoms with Gasteiger partial charge in [-0.05, 0) is 69.4 Å². The highest BCUT2D eigenvalue weighted by atomic mass is 35.5. The molecule has 3 heterocycles. The number of oxime groups is 2. The van der Waals surface area contributed by atoms with Crippen molar-refractivity contribution in [2.24, 2.45) is 10.3 Å². The Morgan fingerprint density at radius 1 is 0.857 bits per heavy atom. The lowest BCUT2D eigenvalue weighted by Crippen LogP contribution is -2.57. The van der Waals surface area contributed by atoms with Crippen molar-refractivity contribution in [3.63, 3.8) is 0 Å². The van der Waals surface area contributed by atoms with Crippen LogP contribution in [0.5, 0.6) is 0 Å². The molecule has 6 nitrogen and oxygen atoms in total. The predicted molar refractivity (Wildman–Crippen MR) is 140 cm³/mol. The van der Waals surface area contributed by atoms with Crippen LogP contribution in [0, 0.1) is 41.5 Å². The van der Waals surface area contributed by atoms with E-state index in [9.17, 15) is 0 Å². The summed E-state index contributed by atoms with van der Waals surface area (Å²) in [6.07, 6.45) is 0.0811. The molecule has 0 radical (unpaired) electrons. The van der Waals surface area contributed by atoms with E-state index in [4.69, 9.17) is 37.6 Å². The summed E-state index contributed by atoms with van der Waals surface area (Å²) in [5, 5.41) is 10.6. The van der Waals surface area contributed by atoms with Gasteiger partial charge in [-0.25, -0.2) is 0 Å². The number of ether oxygens (including phenoxy) is 1. The van der Waals surface area contributed by atoms with Gasteiger partial charge in [-0.1, -0.05) is 51.2 Å². The fraction of sp³-hybridized carbons (Fsp3) is 0.481. The molecule has 0 aromatic heterocycles. The van der Waals surface area contributed by atoms with Crippen LogP contribution in [0.25, 0.3) is 0 Å². The first-order chi connectivity index (χ1) is 16.7. The molecule has 0 saturated carbocycles. The molecule has 3 aliphatic heterocycles. The number of aryl methyl sites for hydroxylation is 3. The molecule has 1 spiro atoms. The molecule has 2 aromatic rings. The van der Waals surface area contributed by atoms with E-state index in [0.717, 1.165) is 63.5 Å². The number of nitrogens with zero attached hydrogens (tertiary/aromatic N) is 3. The number of morpholine rings is 1. The van der Waals surface area contributed by atoms with Crippen molar-refractivity contribution in [2.75, 3.05) is 26.3 Å². The normalized spacial score (nSPS) is 24.4. The van der Waals surface area contributed by atoms with Gasteiger partial charge >= 0.3 is 0 Å². The number of halogens is 2. The minimum atomic E-state index is -0.889. The highest BCUT2D eigenvalue weighted by Gasteiger charge is 2.60. The van der Waals surface area contributed by atoms with Crippen LogP contribution in [0.4, 0.5) is 0 Å². The molecule has 0 unspecified atom stereocenters. The van der Waals surface area contributed by atoms with Crippen LogP contribution < -0.4 is 0 Å². The van der Waals surface area contributed by atoms with Crippen LogP contribution in [-0.2, 0) is 14.4 Å². The van der Waals surface area contributed by atoms with Crippen LogP contribution in [0.15, 0.2) is 22.4 Å². The smallest absolute Gasteiger partial charge is 0.241 e. The minimum absolute atomic E-state index is 0.417. The zero-order chi connectivity index (χ0) is 25.1. The van der Waals surface area contributed by atoms with Crippen LogP contribution in [-0.4, -0.2) is 54.5 Å². The number of benzene rings is 2. The molecule has 8 heteroatoms. The zero-order valence-electron chi connectivity index (χ0n) is 21.1. The van der Waals surface area contributed by atoms with Gasteiger partial charge in [-0.3, -0.25) is 4.90 Å². The van der Waals surface area contributed by atoms with E-state index >= 15 is 0 Å².